The third-order valence-corrected chi connectivity index (χ3v) is 3.11. The lowest BCUT2D eigenvalue weighted by molar-refractivity contribution is -0.141. The third kappa shape index (κ3) is 3.97. The zero-order chi connectivity index (χ0) is 14.6. The zero-order valence-electron chi connectivity index (χ0n) is 11.5. The number of aromatic nitrogens is 1. The van der Waals surface area contributed by atoms with Crippen molar-refractivity contribution < 1.29 is 19.2 Å². The zero-order valence-corrected chi connectivity index (χ0v) is 11.5. The molecule has 0 radical (unpaired) electrons. The summed E-state index contributed by atoms with van der Waals surface area (Å²) in [6.45, 7) is 7.04. The molecule has 0 saturated heterocycles. The summed E-state index contributed by atoms with van der Waals surface area (Å²) in [7, 11) is 0. The fraction of sp³-hybridized carbons (Fsp3) is 0.583. The molecule has 0 saturated carbocycles. The largest absolute Gasteiger partial charge is 0.481 e. The quantitative estimate of drug-likeness (QED) is 0.745. The molecule has 0 aromatic carbocycles. The van der Waals surface area contributed by atoms with Gasteiger partial charge in [-0.3, -0.25) is 4.79 Å². The topological polar surface area (TPSA) is 104 Å². The van der Waals surface area contributed by atoms with E-state index in [1.54, 1.807) is 27.7 Å². The van der Waals surface area contributed by atoms with E-state index in [0.717, 1.165) is 11.3 Å². The number of rotatable bonds is 5. The summed E-state index contributed by atoms with van der Waals surface area (Å²) in [6, 6.07) is -0.872. The van der Waals surface area contributed by atoms with Gasteiger partial charge in [0, 0.05) is 18.2 Å². The lowest BCUT2D eigenvalue weighted by atomic mass is 10.0. The predicted molar refractivity (Wildman–Crippen MR) is 67.6 cm³/mol. The Hall–Kier alpha value is -2.05. The van der Waals surface area contributed by atoms with Crippen molar-refractivity contribution in [2.45, 2.75) is 40.3 Å². The number of carbonyl (C=O) groups excluding carboxylic acids is 1. The summed E-state index contributed by atoms with van der Waals surface area (Å²) in [5, 5.41) is 17.8. The van der Waals surface area contributed by atoms with Gasteiger partial charge in [0.15, 0.2) is 0 Å². The Bertz CT molecular complexity index is 450. The molecule has 0 aliphatic rings. The molecule has 2 unspecified atom stereocenters. The molecule has 2 amide bonds. The Morgan fingerprint density at radius 2 is 2.00 bits per heavy atom. The maximum absolute atomic E-state index is 11.6. The number of hydrogen-bond donors (Lipinski definition) is 3. The second-order valence-electron chi connectivity index (χ2n) is 4.55. The minimum atomic E-state index is -0.946. The second-order valence-corrected chi connectivity index (χ2v) is 4.55. The monoisotopic (exact) mass is 269 g/mol. The number of hydrogen-bond acceptors (Lipinski definition) is 4. The molecule has 3 N–H and O–H groups in total. The van der Waals surface area contributed by atoms with Crippen molar-refractivity contribution in [1.29, 1.82) is 0 Å². The molecule has 0 aliphatic heterocycles. The molecule has 0 bridgehead atoms. The Balaban J connectivity index is 2.46. The van der Waals surface area contributed by atoms with Gasteiger partial charge in [-0.2, -0.15) is 0 Å². The van der Waals surface area contributed by atoms with Crippen molar-refractivity contribution in [3.63, 3.8) is 0 Å². The van der Waals surface area contributed by atoms with E-state index in [4.69, 9.17) is 9.63 Å². The average Bonchev–Trinajstić information content (AvgIpc) is 2.65. The van der Waals surface area contributed by atoms with Gasteiger partial charge in [0.2, 0.25) is 0 Å². The molecule has 1 rings (SSSR count). The highest BCUT2D eigenvalue weighted by Crippen LogP contribution is 2.11. The van der Waals surface area contributed by atoms with Crippen molar-refractivity contribution in [3.05, 3.63) is 17.0 Å². The van der Waals surface area contributed by atoms with E-state index in [1.807, 2.05) is 0 Å². The molecule has 7 nitrogen and oxygen atoms in total. The second kappa shape index (κ2) is 6.21. The minimum Gasteiger partial charge on any atom is -0.481 e. The SMILES string of the molecule is Cc1noc(C)c1CNC(=O)NC(C)C(C)C(=O)O. The van der Waals surface area contributed by atoms with E-state index >= 15 is 0 Å². The van der Waals surface area contributed by atoms with E-state index in [0.29, 0.717) is 12.3 Å². The molecule has 7 heteroatoms. The van der Waals surface area contributed by atoms with Crippen LogP contribution >= 0.6 is 0 Å². The first-order chi connectivity index (χ1) is 8.82. The minimum absolute atomic E-state index is 0.293. The van der Waals surface area contributed by atoms with Gasteiger partial charge in [-0.15, -0.1) is 0 Å². The molecule has 0 spiro atoms. The number of urea groups is 1. The van der Waals surface area contributed by atoms with Crippen molar-refractivity contribution in [1.82, 2.24) is 15.8 Å². The Morgan fingerprint density at radius 1 is 1.37 bits per heavy atom. The highest BCUT2D eigenvalue weighted by atomic mass is 16.5. The van der Waals surface area contributed by atoms with Crippen LogP contribution in [0.2, 0.25) is 0 Å². The third-order valence-electron chi connectivity index (χ3n) is 3.11. The summed E-state index contributed by atoms with van der Waals surface area (Å²) in [6.07, 6.45) is 0. The van der Waals surface area contributed by atoms with Crippen molar-refractivity contribution in [2.24, 2.45) is 5.92 Å². The number of aliphatic carboxylic acids is 1. The van der Waals surface area contributed by atoms with Crippen LogP contribution in [0.25, 0.3) is 0 Å². The first-order valence-electron chi connectivity index (χ1n) is 6.01. The van der Waals surface area contributed by atoms with Crippen molar-refractivity contribution >= 4 is 12.0 Å². The average molecular weight is 269 g/mol. The number of nitrogens with zero attached hydrogens (tertiary/aromatic N) is 1. The van der Waals surface area contributed by atoms with Gasteiger partial charge < -0.3 is 20.3 Å². The Kier molecular flexibility index (Phi) is 4.91. The molecular formula is C12H19N3O4. The first kappa shape index (κ1) is 15.0. The van der Waals surface area contributed by atoms with Crippen LogP contribution in [-0.2, 0) is 11.3 Å². The summed E-state index contributed by atoms with van der Waals surface area (Å²) in [4.78, 5) is 22.4. The highest BCUT2D eigenvalue weighted by molar-refractivity contribution is 5.76. The normalized spacial score (nSPS) is 13.7. The standard InChI is InChI=1S/C12H19N3O4/c1-6(11(16)17)7(2)14-12(18)13-5-10-8(3)15-19-9(10)4/h6-7H,5H2,1-4H3,(H,16,17)(H2,13,14,18). The van der Waals surface area contributed by atoms with Gasteiger partial charge >= 0.3 is 12.0 Å². The van der Waals surface area contributed by atoms with Crippen LogP contribution in [0.15, 0.2) is 4.52 Å². The van der Waals surface area contributed by atoms with E-state index in [-0.39, 0.29) is 0 Å². The first-order valence-corrected chi connectivity index (χ1v) is 6.01. The molecule has 19 heavy (non-hydrogen) atoms. The van der Waals surface area contributed by atoms with Crippen LogP contribution < -0.4 is 10.6 Å². The van der Waals surface area contributed by atoms with E-state index in [2.05, 4.69) is 15.8 Å². The van der Waals surface area contributed by atoms with Crippen LogP contribution in [-0.4, -0.2) is 28.3 Å². The van der Waals surface area contributed by atoms with Crippen molar-refractivity contribution in [3.8, 4) is 0 Å². The van der Waals surface area contributed by atoms with Gasteiger partial charge in [-0.05, 0) is 27.7 Å². The molecule has 106 valence electrons. The summed E-state index contributed by atoms with van der Waals surface area (Å²) < 4.78 is 4.98. The van der Waals surface area contributed by atoms with Gasteiger partial charge in [-0.25, -0.2) is 4.79 Å². The van der Waals surface area contributed by atoms with Gasteiger partial charge in [0.1, 0.15) is 5.76 Å². The van der Waals surface area contributed by atoms with E-state index < -0.39 is 24.0 Å². The number of nitrogens with one attached hydrogen (secondary N) is 2. The number of aryl methyl sites for hydroxylation is 2. The smallest absolute Gasteiger partial charge is 0.315 e. The number of carboxylic acids is 1. The maximum Gasteiger partial charge on any atom is 0.315 e. The van der Waals surface area contributed by atoms with Crippen LogP contribution in [0.1, 0.15) is 30.9 Å². The fourth-order valence-corrected chi connectivity index (χ4v) is 1.52. The number of amides is 2. The van der Waals surface area contributed by atoms with Gasteiger partial charge in [0.05, 0.1) is 11.6 Å². The number of carbonyl (C=O) groups is 2. The maximum atomic E-state index is 11.6. The van der Waals surface area contributed by atoms with Crippen LogP contribution in [0.5, 0.6) is 0 Å². The van der Waals surface area contributed by atoms with Gasteiger partial charge in [-0.1, -0.05) is 5.16 Å². The molecule has 1 aromatic heterocycles. The summed E-state index contributed by atoms with van der Waals surface area (Å²) >= 11 is 0. The predicted octanol–water partition coefficient (Wildman–Crippen LogP) is 1.20. The molecular weight excluding hydrogens is 250 g/mol. The van der Waals surface area contributed by atoms with Crippen LogP contribution in [0.3, 0.4) is 0 Å². The van der Waals surface area contributed by atoms with E-state index in [1.165, 1.54) is 0 Å². The summed E-state index contributed by atoms with van der Waals surface area (Å²) in [5.74, 6) is -0.937. The molecule has 1 heterocycles. The molecule has 2 atom stereocenters. The van der Waals surface area contributed by atoms with E-state index in [9.17, 15) is 9.59 Å². The van der Waals surface area contributed by atoms with Crippen LogP contribution in [0, 0.1) is 19.8 Å². The summed E-state index contributed by atoms with van der Waals surface area (Å²) in [5.41, 5.74) is 1.55. The highest BCUT2D eigenvalue weighted by Gasteiger charge is 2.21. The Labute approximate surface area is 111 Å². The number of carboxylic acid groups (broad SMARTS) is 1. The lowest BCUT2D eigenvalue weighted by Gasteiger charge is -2.18. The molecule has 0 aliphatic carbocycles. The fourth-order valence-electron chi connectivity index (χ4n) is 1.52. The van der Waals surface area contributed by atoms with Crippen LogP contribution in [0.4, 0.5) is 4.79 Å². The Morgan fingerprint density at radius 3 is 2.47 bits per heavy atom. The molecule has 0 fully saturated rings. The van der Waals surface area contributed by atoms with Gasteiger partial charge in [0.25, 0.3) is 0 Å². The lowest BCUT2D eigenvalue weighted by Crippen LogP contribution is -2.45. The molecule has 1 aromatic rings. The van der Waals surface area contributed by atoms with Crippen molar-refractivity contribution in [2.75, 3.05) is 0 Å².